The Morgan fingerprint density at radius 3 is 2.71 bits per heavy atom. The molecule has 0 aliphatic carbocycles. The van der Waals surface area contributed by atoms with Crippen LogP contribution in [0.4, 0.5) is 5.69 Å². The van der Waals surface area contributed by atoms with Crippen LogP contribution < -0.4 is 9.64 Å². The highest BCUT2D eigenvalue weighted by molar-refractivity contribution is 6.07. The Morgan fingerprint density at radius 2 is 2.05 bits per heavy atom. The summed E-state index contributed by atoms with van der Waals surface area (Å²) >= 11 is 0. The van der Waals surface area contributed by atoms with Crippen LogP contribution in [0.3, 0.4) is 0 Å². The van der Waals surface area contributed by atoms with E-state index in [4.69, 9.17) is 4.74 Å². The molecule has 1 aromatic heterocycles. The summed E-state index contributed by atoms with van der Waals surface area (Å²) in [5.41, 5.74) is 1.10. The predicted molar refractivity (Wildman–Crippen MR) is 76.0 cm³/mol. The molecule has 0 spiro atoms. The van der Waals surface area contributed by atoms with Crippen LogP contribution in [0.5, 0.6) is 5.75 Å². The van der Waals surface area contributed by atoms with Gasteiger partial charge in [0.25, 0.3) is 5.91 Å². The van der Waals surface area contributed by atoms with Crippen molar-refractivity contribution >= 4 is 17.6 Å². The van der Waals surface area contributed by atoms with Crippen molar-refractivity contribution in [1.82, 2.24) is 4.57 Å². The fourth-order valence-electron chi connectivity index (χ4n) is 2.45. The van der Waals surface area contributed by atoms with Crippen LogP contribution in [0.2, 0.25) is 0 Å². The third-order valence-corrected chi connectivity index (χ3v) is 3.48. The van der Waals surface area contributed by atoms with Gasteiger partial charge in [0.2, 0.25) is 0 Å². The molecule has 6 heteroatoms. The number of aromatic carboxylic acids is 1. The first-order valence-electron chi connectivity index (χ1n) is 6.52. The molecule has 0 fully saturated rings. The summed E-state index contributed by atoms with van der Waals surface area (Å²) in [5.74, 6) is -0.992. The fourth-order valence-corrected chi connectivity index (χ4v) is 2.45. The summed E-state index contributed by atoms with van der Waals surface area (Å²) in [4.78, 5) is 25.4. The zero-order valence-electron chi connectivity index (χ0n) is 11.4. The predicted octanol–water partition coefficient (Wildman–Crippen LogP) is 1.76. The van der Waals surface area contributed by atoms with Crippen LogP contribution in [0.15, 0.2) is 36.5 Å². The Morgan fingerprint density at radius 1 is 1.24 bits per heavy atom. The number of para-hydroxylation sites is 1. The molecular formula is C15H14N2O4. The number of carbonyl (C=O) groups is 2. The molecule has 3 rings (SSSR count). The summed E-state index contributed by atoms with van der Waals surface area (Å²) in [6, 6.07) is 8.31. The van der Waals surface area contributed by atoms with Gasteiger partial charge in [-0.25, -0.2) is 4.79 Å². The number of carboxylic acids is 1. The molecule has 1 amide bonds. The molecule has 1 aliphatic rings. The third-order valence-electron chi connectivity index (χ3n) is 3.48. The molecule has 0 atom stereocenters. The summed E-state index contributed by atoms with van der Waals surface area (Å²) in [6.07, 6.45) is 1.79. The van der Waals surface area contributed by atoms with Crippen LogP contribution in [-0.2, 0) is 7.05 Å². The van der Waals surface area contributed by atoms with E-state index < -0.39 is 5.97 Å². The topological polar surface area (TPSA) is 71.8 Å². The van der Waals surface area contributed by atoms with E-state index in [0.717, 1.165) is 0 Å². The minimum Gasteiger partial charge on any atom is -0.489 e. The summed E-state index contributed by atoms with van der Waals surface area (Å²) < 4.78 is 7.20. The largest absolute Gasteiger partial charge is 0.489 e. The lowest BCUT2D eigenvalue weighted by Crippen LogP contribution is -2.39. The van der Waals surface area contributed by atoms with Gasteiger partial charge in [-0.2, -0.15) is 0 Å². The van der Waals surface area contributed by atoms with Crippen molar-refractivity contribution in [3.63, 3.8) is 0 Å². The van der Waals surface area contributed by atoms with Crippen molar-refractivity contribution in [2.24, 2.45) is 7.05 Å². The van der Waals surface area contributed by atoms with E-state index in [1.807, 2.05) is 0 Å². The molecule has 0 unspecified atom stereocenters. The van der Waals surface area contributed by atoms with Gasteiger partial charge in [0, 0.05) is 13.2 Å². The molecule has 6 nitrogen and oxygen atoms in total. The van der Waals surface area contributed by atoms with Gasteiger partial charge >= 0.3 is 5.97 Å². The van der Waals surface area contributed by atoms with E-state index in [-0.39, 0.29) is 23.8 Å². The van der Waals surface area contributed by atoms with Crippen LogP contribution >= 0.6 is 0 Å². The van der Waals surface area contributed by atoms with Crippen LogP contribution in [0.1, 0.15) is 20.8 Å². The zero-order valence-corrected chi connectivity index (χ0v) is 11.4. The highest BCUT2D eigenvalue weighted by atomic mass is 16.5. The van der Waals surface area contributed by atoms with Crippen molar-refractivity contribution in [2.45, 2.75) is 0 Å². The number of aryl methyl sites for hydroxylation is 1. The lowest BCUT2D eigenvalue weighted by molar-refractivity contribution is 0.0690. The van der Waals surface area contributed by atoms with E-state index in [9.17, 15) is 14.7 Å². The number of hydrogen-bond acceptors (Lipinski definition) is 3. The maximum Gasteiger partial charge on any atom is 0.339 e. The monoisotopic (exact) mass is 286 g/mol. The van der Waals surface area contributed by atoms with Crippen LogP contribution in [-0.4, -0.2) is 34.7 Å². The van der Waals surface area contributed by atoms with Gasteiger partial charge in [-0.1, -0.05) is 6.07 Å². The highest BCUT2D eigenvalue weighted by Gasteiger charge is 2.28. The average molecular weight is 286 g/mol. The molecule has 0 saturated carbocycles. The first kappa shape index (κ1) is 13.2. The number of rotatable bonds is 2. The second-order valence-electron chi connectivity index (χ2n) is 4.77. The number of carboxylic acid groups (broad SMARTS) is 1. The SMILES string of the molecule is Cn1cccc1C(=O)N1CCOc2c(C(=O)O)cccc21. The maximum absolute atomic E-state index is 12.6. The van der Waals surface area contributed by atoms with Gasteiger partial charge in [0.1, 0.15) is 17.9 Å². The van der Waals surface area contributed by atoms with E-state index in [0.29, 0.717) is 17.9 Å². The fraction of sp³-hybridized carbons (Fsp3) is 0.200. The lowest BCUT2D eigenvalue weighted by Gasteiger charge is -2.30. The van der Waals surface area contributed by atoms with Gasteiger partial charge in [0.05, 0.1) is 12.2 Å². The number of aromatic nitrogens is 1. The van der Waals surface area contributed by atoms with Gasteiger partial charge in [0.15, 0.2) is 5.75 Å². The first-order chi connectivity index (χ1) is 10.1. The van der Waals surface area contributed by atoms with Gasteiger partial charge < -0.3 is 19.3 Å². The summed E-state index contributed by atoms with van der Waals surface area (Å²) in [5, 5.41) is 9.21. The molecule has 21 heavy (non-hydrogen) atoms. The Labute approximate surface area is 121 Å². The molecule has 0 saturated heterocycles. The number of fused-ring (bicyclic) bond motifs is 1. The summed E-state index contributed by atoms with van der Waals surface area (Å²) in [7, 11) is 1.79. The minimum absolute atomic E-state index is 0.0666. The van der Waals surface area contributed by atoms with Gasteiger partial charge in [-0.3, -0.25) is 4.79 Å². The van der Waals surface area contributed by atoms with E-state index >= 15 is 0 Å². The van der Waals surface area contributed by atoms with Crippen molar-refractivity contribution in [2.75, 3.05) is 18.1 Å². The molecule has 1 aromatic carbocycles. The van der Waals surface area contributed by atoms with Crippen molar-refractivity contribution < 1.29 is 19.4 Å². The van der Waals surface area contributed by atoms with E-state index in [2.05, 4.69) is 0 Å². The molecule has 108 valence electrons. The Bertz CT molecular complexity index is 720. The van der Waals surface area contributed by atoms with Gasteiger partial charge in [-0.05, 0) is 24.3 Å². The number of benzene rings is 1. The standard InChI is InChI=1S/C15H14N2O4/c1-16-7-3-6-12(16)14(18)17-8-9-21-13-10(15(19)20)4-2-5-11(13)17/h2-7H,8-9H2,1H3,(H,19,20). The third kappa shape index (κ3) is 2.14. The molecule has 0 radical (unpaired) electrons. The Kier molecular flexibility index (Phi) is 3.13. The number of hydrogen-bond donors (Lipinski definition) is 1. The number of carbonyl (C=O) groups excluding carboxylic acids is 1. The lowest BCUT2D eigenvalue weighted by atomic mass is 10.1. The van der Waals surface area contributed by atoms with Crippen LogP contribution in [0, 0.1) is 0 Å². The molecule has 2 aromatic rings. The zero-order chi connectivity index (χ0) is 15.0. The van der Waals surface area contributed by atoms with Crippen LogP contribution in [0.25, 0.3) is 0 Å². The Balaban J connectivity index is 2.05. The van der Waals surface area contributed by atoms with Crippen molar-refractivity contribution in [1.29, 1.82) is 0 Å². The smallest absolute Gasteiger partial charge is 0.339 e. The second kappa shape index (κ2) is 4.97. The van der Waals surface area contributed by atoms with Crippen molar-refractivity contribution in [3.05, 3.63) is 47.8 Å². The molecule has 1 N–H and O–H groups in total. The minimum atomic E-state index is -1.07. The molecule has 2 heterocycles. The van der Waals surface area contributed by atoms with E-state index in [1.165, 1.54) is 6.07 Å². The van der Waals surface area contributed by atoms with Gasteiger partial charge in [-0.15, -0.1) is 0 Å². The van der Waals surface area contributed by atoms with E-state index in [1.54, 1.807) is 47.0 Å². The maximum atomic E-state index is 12.6. The van der Waals surface area contributed by atoms with Crippen molar-refractivity contribution in [3.8, 4) is 5.75 Å². The second-order valence-corrected chi connectivity index (χ2v) is 4.77. The summed E-state index contributed by atoms with van der Waals surface area (Å²) in [6.45, 7) is 0.660. The number of amides is 1. The number of nitrogens with zero attached hydrogens (tertiary/aromatic N) is 2. The number of anilines is 1. The molecular weight excluding hydrogens is 272 g/mol. The Hall–Kier alpha value is -2.76. The molecule has 0 bridgehead atoms. The highest BCUT2D eigenvalue weighted by Crippen LogP contribution is 2.35. The first-order valence-corrected chi connectivity index (χ1v) is 6.52. The quantitative estimate of drug-likeness (QED) is 0.913. The number of ether oxygens (including phenoxy) is 1. The average Bonchev–Trinajstić information content (AvgIpc) is 2.91. The molecule has 1 aliphatic heterocycles. The normalized spacial score (nSPS) is 13.5.